The van der Waals surface area contributed by atoms with Gasteiger partial charge in [-0.3, -0.25) is 4.79 Å². The van der Waals surface area contributed by atoms with E-state index in [0.717, 1.165) is 41.8 Å². The van der Waals surface area contributed by atoms with Crippen LogP contribution in [0.5, 0.6) is 0 Å². The highest BCUT2D eigenvalue weighted by Gasteiger charge is 2.05. The van der Waals surface area contributed by atoms with E-state index >= 15 is 0 Å². The number of amides is 1. The van der Waals surface area contributed by atoms with E-state index in [1.54, 1.807) is 18.3 Å². The molecule has 2 heterocycles. The van der Waals surface area contributed by atoms with Crippen LogP contribution in [0.25, 0.3) is 22.3 Å². The number of benzene rings is 2. The van der Waals surface area contributed by atoms with Gasteiger partial charge in [0, 0.05) is 30.4 Å². The fourth-order valence-electron chi connectivity index (χ4n) is 3.05. The summed E-state index contributed by atoms with van der Waals surface area (Å²) in [6.45, 7) is 1.61. The van der Waals surface area contributed by atoms with Gasteiger partial charge in [0.1, 0.15) is 0 Å². The molecule has 0 radical (unpaired) electrons. The molecule has 3 N–H and O–H groups in total. The van der Waals surface area contributed by atoms with Crippen molar-refractivity contribution in [2.24, 2.45) is 5.73 Å². The molecule has 7 heteroatoms. The van der Waals surface area contributed by atoms with Gasteiger partial charge in [-0.25, -0.2) is 15.0 Å². The van der Waals surface area contributed by atoms with Gasteiger partial charge in [0.15, 0.2) is 0 Å². The van der Waals surface area contributed by atoms with E-state index in [9.17, 15) is 4.79 Å². The van der Waals surface area contributed by atoms with Crippen molar-refractivity contribution in [3.63, 3.8) is 0 Å². The molecule has 0 bridgehead atoms. The second-order valence-corrected chi connectivity index (χ2v) is 6.41. The lowest BCUT2D eigenvalue weighted by Gasteiger charge is -2.08. The summed E-state index contributed by atoms with van der Waals surface area (Å²) in [6, 6.07) is 17.0. The van der Waals surface area contributed by atoms with E-state index in [0.29, 0.717) is 11.5 Å². The van der Waals surface area contributed by atoms with Crippen molar-refractivity contribution < 1.29 is 4.79 Å². The van der Waals surface area contributed by atoms with Crippen molar-refractivity contribution in [3.05, 3.63) is 72.7 Å². The van der Waals surface area contributed by atoms with Gasteiger partial charge in [-0.1, -0.05) is 24.3 Å². The Morgan fingerprint density at radius 3 is 2.68 bits per heavy atom. The third-order valence-corrected chi connectivity index (χ3v) is 4.51. The Morgan fingerprint density at radius 1 is 1.04 bits per heavy atom. The molecule has 0 aliphatic heterocycles. The number of aryl methyl sites for hydroxylation is 1. The zero-order chi connectivity index (χ0) is 19.3. The Morgan fingerprint density at radius 2 is 1.86 bits per heavy atom. The number of rotatable bonds is 7. The Hall–Kier alpha value is -3.74. The maximum atomic E-state index is 11.2. The fraction of sp³-hybridized carbons (Fsp3) is 0.143. The van der Waals surface area contributed by atoms with Crippen LogP contribution in [0.2, 0.25) is 0 Å². The summed E-state index contributed by atoms with van der Waals surface area (Å²) in [7, 11) is 0. The smallest absolute Gasteiger partial charge is 0.248 e. The molecule has 0 saturated heterocycles. The third-order valence-electron chi connectivity index (χ3n) is 4.51. The van der Waals surface area contributed by atoms with Crippen LogP contribution in [0.4, 0.5) is 5.95 Å². The minimum Gasteiger partial charge on any atom is -0.366 e. The molecular weight excluding hydrogens is 352 g/mol. The SMILES string of the molecule is NC(=O)c1ccc(-c2ccnc(NCCCn3cnc4ccccc43)n2)cc1. The lowest BCUT2D eigenvalue weighted by molar-refractivity contribution is 0.100. The van der Waals surface area contributed by atoms with Gasteiger partial charge in [-0.05, 0) is 36.8 Å². The van der Waals surface area contributed by atoms with Gasteiger partial charge in [0.2, 0.25) is 11.9 Å². The maximum Gasteiger partial charge on any atom is 0.248 e. The summed E-state index contributed by atoms with van der Waals surface area (Å²) in [5.74, 6) is 0.134. The molecule has 0 aliphatic rings. The van der Waals surface area contributed by atoms with E-state index in [-0.39, 0.29) is 0 Å². The molecule has 4 aromatic rings. The first-order chi connectivity index (χ1) is 13.7. The maximum absolute atomic E-state index is 11.2. The number of anilines is 1. The lowest BCUT2D eigenvalue weighted by Crippen LogP contribution is -2.10. The number of nitrogens with zero attached hydrogens (tertiary/aromatic N) is 4. The molecule has 28 heavy (non-hydrogen) atoms. The highest BCUT2D eigenvalue weighted by atomic mass is 16.1. The number of carbonyl (C=O) groups is 1. The largest absolute Gasteiger partial charge is 0.366 e. The molecule has 1 amide bonds. The van der Waals surface area contributed by atoms with Crippen LogP contribution < -0.4 is 11.1 Å². The van der Waals surface area contributed by atoms with Crippen molar-refractivity contribution >= 4 is 22.9 Å². The van der Waals surface area contributed by atoms with Crippen LogP contribution in [0, 0.1) is 0 Å². The number of imidazole rings is 1. The first kappa shape index (κ1) is 17.7. The Labute approximate surface area is 162 Å². The van der Waals surface area contributed by atoms with Gasteiger partial charge >= 0.3 is 0 Å². The molecule has 7 nitrogen and oxygen atoms in total. The lowest BCUT2D eigenvalue weighted by atomic mass is 10.1. The predicted molar refractivity (Wildman–Crippen MR) is 109 cm³/mol. The first-order valence-electron chi connectivity index (χ1n) is 9.08. The first-order valence-corrected chi connectivity index (χ1v) is 9.08. The minimum absolute atomic E-state index is 0.442. The van der Waals surface area contributed by atoms with E-state index in [1.807, 2.05) is 42.7 Å². The average Bonchev–Trinajstić information content (AvgIpc) is 3.15. The van der Waals surface area contributed by atoms with Crippen molar-refractivity contribution in [3.8, 4) is 11.3 Å². The zero-order valence-corrected chi connectivity index (χ0v) is 15.2. The molecule has 0 spiro atoms. The van der Waals surface area contributed by atoms with Crippen molar-refractivity contribution in [1.82, 2.24) is 19.5 Å². The Bertz CT molecular complexity index is 1100. The molecule has 4 rings (SSSR count). The average molecular weight is 372 g/mol. The van der Waals surface area contributed by atoms with E-state index in [1.165, 1.54) is 0 Å². The van der Waals surface area contributed by atoms with Crippen LogP contribution in [-0.4, -0.2) is 32.0 Å². The van der Waals surface area contributed by atoms with Crippen LogP contribution in [0.15, 0.2) is 67.1 Å². The number of nitrogens with one attached hydrogen (secondary N) is 1. The van der Waals surface area contributed by atoms with Crippen LogP contribution >= 0.6 is 0 Å². The highest BCUT2D eigenvalue weighted by Crippen LogP contribution is 2.18. The standard InChI is InChI=1S/C21H20N6O/c22-20(28)16-8-6-15(7-9-16)17-10-12-24-21(26-17)23-11-3-13-27-14-25-18-4-1-2-5-19(18)27/h1-2,4-10,12,14H,3,11,13H2,(H2,22,28)(H,23,24,26). The van der Waals surface area contributed by atoms with Crippen molar-refractivity contribution in [2.45, 2.75) is 13.0 Å². The van der Waals surface area contributed by atoms with Crippen molar-refractivity contribution in [1.29, 1.82) is 0 Å². The summed E-state index contributed by atoms with van der Waals surface area (Å²) < 4.78 is 2.15. The normalized spacial score (nSPS) is 10.9. The summed E-state index contributed by atoms with van der Waals surface area (Å²) in [5, 5.41) is 3.26. The van der Waals surface area contributed by atoms with Gasteiger partial charge < -0.3 is 15.6 Å². The number of fused-ring (bicyclic) bond motifs is 1. The minimum atomic E-state index is -0.442. The van der Waals surface area contributed by atoms with Crippen LogP contribution in [-0.2, 0) is 6.54 Å². The molecule has 2 aromatic heterocycles. The van der Waals surface area contributed by atoms with Crippen molar-refractivity contribution in [2.75, 3.05) is 11.9 Å². The van der Waals surface area contributed by atoms with Gasteiger partial charge in [0.05, 0.1) is 23.1 Å². The summed E-state index contributed by atoms with van der Waals surface area (Å²) in [6.07, 6.45) is 4.51. The number of primary amides is 1. The molecule has 140 valence electrons. The number of nitrogens with two attached hydrogens (primary N) is 1. The number of para-hydroxylation sites is 2. The van der Waals surface area contributed by atoms with Gasteiger partial charge in [-0.2, -0.15) is 0 Å². The number of hydrogen-bond donors (Lipinski definition) is 2. The molecule has 2 aromatic carbocycles. The summed E-state index contributed by atoms with van der Waals surface area (Å²) in [4.78, 5) is 24.4. The predicted octanol–water partition coefficient (Wildman–Crippen LogP) is 3.09. The molecule has 0 fully saturated rings. The number of aromatic nitrogens is 4. The Balaban J connectivity index is 1.36. The zero-order valence-electron chi connectivity index (χ0n) is 15.2. The molecule has 0 unspecified atom stereocenters. The third kappa shape index (κ3) is 3.83. The molecule has 0 saturated carbocycles. The van der Waals surface area contributed by atoms with E-state index < -0.39 is 5.91 Å². The Kier molecular flexibility index (Phi) is 4.97. The van der Waals surface area contributed by atoms with E-state index in [4.69, 9.17) is 5.73 Å². The van der Waals surface area contributed by atoms with Crippen LogP contribution in [0.1, 0.15) is 16.8 Å². The van der Waals surface area contributed by atoms with Crippen LogP contribution in [0.3, 0.4) is 0 Å². The number of hydrogen-bond acceptors (Lipinski definition) is 5. The van der Waals surface area contributed by atoms with Gasteiger partial charge in [0.25, 0.3) is 0 Å². The second-order valence-electron chi connectivity index (χ2n) is 6.41. The topological polar surface area (TPSA) is 98.7 Å². The molecule has 0 aliphatic carbocycles. The second kappa shape index (κ2) is 7.87. The highest BCUT2D eigenvalue weighted by molar-refractivity contribution is 5.93. The fourth-order valence-corrected chi connectivity index (χ4v) is 3.05. The quantitative estimate of drug-likeness (QED) is 0.486. The molecule has 0 atom stereocenters. The van der Waals surface area contributed by atoms with E-state index in [2.05, 4.69) is 30.9 Å². The monoisotopic (exact) mass is 372 g/mol. The number of carbonyl (C=O) groups excluding carboxylic acids is 1. The molecular formula is C21H20N6O. The van der Waals surface area contributed by atoms with Gasteiger partial charge in [-0.15, -0.1) is 0 Å². The summed E-state index contributed by atoms with van der Waals surface area (Å²) in [5.41, 5.74) is 9.59. The summed E-state index contributed by atoms with van der Waals surface area (Å²) >= 11 is 0.